The Labute approximate surface area is 187 Å². The van der Waals surface area contributed by atoms with Gasteiger partial charge in [-0.1, -0.05) is 12.1 Å². The van der Waals surface area contributed by atoms with E-state index in [2.05, 4.69) is 0 Å². The molecule has 0 bridgehead atoms. The Morgan fingerprint density at radius 3 is 2.48 bits per heavy atom. The fraction of sp³-hybridized carbons (Fsp3) is 0.261. The second-order valence-electron chi connectivity index (χ2n) is 6.70. The lowest BCUT2D eigenvalue weighted by Crippen LogP contribution is -2.14. The predicted molar refractivity (Wildman–Crippen MR) is 118 cm³/mol. The van der Waals surface area contributed by atoms with Crippen LogP contribution in [0.15, 0.2) is 58.8 Å². The van der Waals surface area contributed by atoms with E-state index in [0.717, 1.165) is 44.3 Å². The van der Waals surface area contributed by atoms with Crippen molar-refractivity contribution < 1.29 is 27.4 Å². The number of halogens is 3. The number of benzene rings is 2. The van der Waals surface area contributed by atoms with Crippen LogP contribution < -0.4 is 4.74 Å². The van der Waals surface area contributed by atoms with E-state index >= 15 is 0 Å². The second-order valence-corrected chi connectivity index (χ2v) is 8.66. The average molecular weight is 467 g/mol. The summed E-state index contributed by atoms with van der Waals surface area (Å²) in [7, 11) is 0. The molecule has 0 aliphatic heterocycles. The van der Waals surface area contributed by atoms with E-state index in [9.17, 15) is 18.0 Å². The third kappa shape index (κ3) is 6.51. The second kappa shape index (κ2) is 10.2. The van der Waals surface area contributed by atoms with Crippen LogP contribution in [0.2, 0.25) is 0 Å². The van der Waals surface area contributed by atoms with Crippen LogP contribution in [-0.2, 0) is 21.5 Å². The first-order valence-electron chi connectivity index (χ1n) is 9.53. The van der Waals surface area contributed by atoms with Crippen LogP contribution in [0.3, 0.4) is 0 Å². The number of esters is 1. The quantitative estimate of drug-likeness (QED) is 0.265. The van der Waals surface area contributed by atoms with Crippen molar-refractivity contribution in [1.29, 1.82) is 0 Å². The summed E-state index contributed by atoms with van der Waals surface area (Å²) in [5.74, 6) is 0.971. The van der Waals surface area contributed by atoms with Crippen LogP contribution in [0.25, 0.3) is 10.4 Å². The summed E-state index contributed by atoms with van der Waals surface area (Å²) in [6.07, 6.45) is -4.33. The first-order valence-corrected chi connectivity index (χ1v) is 11.4. The van der Waals surface area contributed by atoms with Gasteiger partial charge in [0.25, 0.3) is 0 Å². The van der Waals surface area contributed by atoms with Crippen LogP contribution in [0.5, 0.6) is 5.75 Å². The van der Waals surface area contributed by atoms with Crippen LogP contribution >= 0.6 is 23.1 Å². The summed E-state index contributed by atoms with van der Waals surface area (Å²) in [5, 5.41) is 2.02. The van der Waals surface area contributed by atoms with Gasteiger partial charge in [0.15, 0.2) is 6.61 Å². The molecule has 0 radical (unpaired) electrons. The Hall–Kier alpha value is -2.45. The molecule has 3 rings (SSSR count). The molecule has 0 amide bonds. The van der Waals surface area contributed by atoms with Crippen LogP contribution in [0, 0.1) is 6.92 Å². The molecule has 3 aromatic rings. The molecule has 0 fully saturated rings. The number of hydrogen-bond donors (Lipinski definition) is 0. The molecule has 0 atom stereocenters. The molecule has 1 aromatic heterocycles. The molecule has 164 valence electrons. The molecule has 31 heavy (non-hydrogen) atoms. The maximum atomic E-state index is 12.7. The van der Waals surface area contributed by atoms with Crippen molar-refractivity contribution in [3.63, 3.8) is 0 Å². The molecule has 0 unspecified atom stereocenters. The highest BCUT2D eigenvalue weighted by molar-refractivity contribution is 7.98. The summed E-state index contributed by atoms with van der Waals surface area (Å²) in [6, 6.07) is 13.0. The lowest BCUT2D eigenvalue weighted by Gasteiger charge is -2.10. The lowest BCUT2D eigenvalue weighted by atomic mass is 10.1. The van der Waals surface area contributed by atoms with Crippen molar-refractivity contribution in [1.82, 2.24) is 0 Å². The minimum Gasteiger partial charge on any atom is -0.482 e. The molecule has 0 saturated heterocycles. The maximum absolute atomic E-state index is 12.7. The summed E-state index contributed by atoms with van der Waals surface area (Å²) < 4.78 is 48.5. The Morgan fingerprint density at radius 2 is 1.84 bits per heavy atom. The summed E-state index contributed by atoms with van der Waals surface area (Å²) >= 11 is 3.17. The Bertz CT molecular complexity index is 1030. The fourth-order valence-electron chi connectivity index (χ4n) is 2.81. The lowest BCUT2D eigenvalue weighted by molar-refractivity contribution is -0.145. The maximum Gasteiger partial charge on any atom is 0.416 e. The third-order valence-electron chi connectivity index (χ3n) is 4.35. The number of rotatable bonds is 8. The highest BCUT2D eigenvalue weighted by atomic mass is 32.2. The van der Waals surface area contributed by atoms with Gasteiger partial charge in [-0.05, 0) is 72.3 Å². The van der Waals surface area contributed by atoms with Crippen LogP contribution in [0.1, 0.15) is 23.6 Å². The van der Waals surface area contributed by atoms with Crippen molar-refractivity contribution in [3.05, 3.63) is 70.6 Å². The summed E-state index contributed by atoms with van der Waals surface area (Å²) in [4.78, 5) is 13.4. The Balaban J connectivity index is 1.58. The molecule has 1 heterocycles. The molecule has 0 saturated carbocycles. The van der Waals surface area contributed by atoms with E-state index in [4.69, 9.17) is 9.47 Å². The molecule has 3 nitrogen and oxygen atoms in total. The molecular weight excluding hydrogens is 445 g/mol. The number of aryl methyl sites for hydroxylation is 1. The summed E-state index contributed by atoms with van der Waals surface area (Å²) in [5.41, 5.74) is 2.15. The first kappa shape index (κ1) is 23.2. The smallest absolute Gasteiger partial charge is 0.416 e. The predicted octanol–water partition coefficient (Wildman–Crippen LogP) is 6.98. The Kier molecular flexibility index (Phi) is 7.67. The zero-order valence-electron chi connectivity index (χ0n) is 17.0. The number of thioether (sulfide) groups is 1. The number of thiophene rings is 1. The molecule has 0 spiro atoms. The molecule has 8 heteroatoms. The normalized spacial score (nSPS) is 11.4. The number of carbonyl (C=O) groups is 1. The zero-order valence-corrected chi connectivity index (χ0v) is 18.6. The molecular formula is C23H21F3O3S2. The van der Waals surface area contributed by atoms with E-state index < -0.39 is 17.7 Å². The number of carbonyl (C=O) groups excluding carboxylic acids is 1. The van der Waals surface area contributed by atoms with E-state index in [1.807, 2.05) is 36.6 Å². The van der Waals surface area contributed by atoms with Gasteiger partial charge in [0, 0.05) is 15.5 Å². The fourth-order valence-corrected chi connectivity index (χ4v) is 4.76. The highest BCUT2D eigenvalue weighted by Crippen LogP contribution is 2.34. The number of alkyl halides is 3. The largest absolute Gasteiger partial charge is 0.482 e. The van der Waals surface area contributed by atoms with E-state index in [1.165, 1.54) is 23.5 Å². The van der Waals surface area contributed by atoms with Crippen molar-refractivity contribution in [2.45, 2.75) is 30.7 Å². The van der Waals surface area contributed by atoms with Gasteiger partial charge < -0.3 is 9.47 Å². The van der Waals surface area contributed by atoms with Gasteiger partial charge >= 0.3 is 12.1 Å². The van der Waals surface area contributed by atoms with Gasteiger partial charge in [0.2, 0.25) is 0 Å². The SMILES string of the molecule is CCOC(=O)COc1ccc(SCc2csc(-c3ccc(C(F)(F)F)cc3)c2)cc1C. The minimum atomic E-state index is -4.33. The van der Waals surface area contributed by atoms with E-state index in [1.54, 1.807) is 18.7 Å². The molecule has 0 N–H and O–H groups in total. The Morgan fingerprint density at radius 1 is 1.10 bits per heavy atom. The first-order chi connectivity index (χ1) is 14.8. The monoisotopic (exact) mass is 466 g/mol. The topological polar surface area (TPSA) is 35.5 Å². The van der Waals surface area contributed by atoms with E-state index in [-0.39, 0.29) is 6.61 Å². The average Bonchev–Trinajstić information content (AvgIpc) is 3.20. The van der Waals surface area contributed by atoms with Gasteiger partial charge in [-0.15, -0.1) is 23.1 Å². The van der Waals surface area contributed by atoms with Gasteiger partial charge in [-0.2, -0.15) is 13.2 Å². The zero-order chi connectivity index (χ0) is 22.4. The molecule has 2 aromatic carbocycles. The highest BCUT2D eigenvalue weighted by Gasteiger charge is 2.30. The minimum absolute atomic E-state index is 0.122. The number of ether oxygens (including phenoxy) is 2. The molecule has 0 aliphatic carbocycles. The van der Waals surface area contributed by atoms with Gasteiger partial charge in [-0.3, -0.25) is 0 Å². The third-order valence-corrected chi connectivity index (χ3v) is 6.45. The van der Waals surface area contributed by atoms with Crippen molar-refractivity contribution in [2.24, 2.45) is 0 Å². The van der Waals surface area contributed by atoms with Gasteiger partial charge in [0.05, 0.1) is 12.2 Å². The van der Waals surface area contributed by atoms with E-state index in [0.29, 0.717) is 12.4 Å². The van der Waals surface area contributed by atoms with Crippen LogP contribution in [-0.4, -0.2) is 19.2 Å². The van der Waals surface area contributed by atoms with Crippen molar-refractivity contribution >= 4 is 29.1 Å². The van der Waals surface area contributed by atoms with Crippen molar-refractivity contribution in [3.8, 4) is 16.2 Å². The summed E-state index contributed by atoms with van der Waals surface area (Å²) in [6.45, 7) is 3.86. The van der Waals surface area contributed by atoms with Crippen molar-refractivity contribution in [2.75, 3.05) is 13.2 Å². The van der Waals surface area contributed by atoms with Gasteiger partial charge in [-0.25, -0.2) is 4.79 Å². The molecule has 0 aliphatic rings. The van der Waals surface area contributed by atoms with Crippen LogP contribution in [0.4, 0.5) is 13.2 Å². The standard InChI is InChI=1S/C23H21F3O3S2/c1-3-28-22(27)12-29-20-9-8-19(10-15(20)2)30-13-16-11-21(31-14-16)17-4-6-18(7-5-17)23(24,25)26/h4-11,14H,3,12-13H2,1-2H3. The van der Waals surface area contributed by atoms with Gasteiger partial charge in [0.1, 0.15) is 5.75 Å². The number of hydrogen-bond acceptors (Lipinski definition) is 5.